The Hall–Kier alpha value is 0.210. The maximum atomic E-state index is 3.77. The summed E-state index contributed by atoms with van der Waals surface area (Å²) in [6.07, 6.45) is 13.2. The monoisotopic (exact) mass is 286 g/mol. The molecular formula is C16H31ClN2. The number of piperidine rings is 1. The van der Waals surface area contributed by atoms with Gasteiger partial charge in [-0.1, -0.05) is 25.7 Å². The minimum absolute atomic E-state index is 0. The molecule has 0 amide bonds. The molecular weight excluding hydrogens is 256 g/mol. The second kappa shape index (κ2) is 7.85. The van der Waals surface area contributed by atoms with Crippen LogP contribution >= 0.6 is 12.4 Å². The van der Waals surface area contributed by atoms with Crippen LogP contribution in [0.5, 0.6) is 0 Å². The van der Waals surface area contributed by atoms with Gasteiger partial charge in [-0.15, -0.1) is 12.4 Å². The fourth-order valence-electron chi connectivity index (χ4n) is 3.68. The van der Waals surface area contributed by atoms with E-state index >= 15 is 0 Å². The van der Waals surface area contributed by atoms with Gasteiger partial charge >= 0.3 is 0 Å². The first-order valence-electron chi connectivity index (χ1n) is 8.36. The van der Waals surface area contributed by atoms with Gasteiger partial charge in [-0.2, -0.15) is 0 Å². The van der Waals surface area contributed by atoms with Gasteiger partial charge in [0.05, 0.1) is 0 Å². The Labute approximate surface area is 125 Å². The van der Waals surface area contributed by atoms with Gasteiger partial charge in [0.1, 0.15) is 0 Å². The van der Waals surface area contributed by atoms with Crippen molar-refractivity contribution in [3.63, 3.8) is 0 Å². The zero-order valence-corrected chi connectivity index (χ0v) is 13.1. The van der Waals surface area contributed by atoms with Crippen molar-refractivity contribution < 1.29 is 0 Å². The summed E-state index contributed by atoms with van der Waals surface area (Å²) >= 11 is 0. The van der Waals surface area contributed by atoms with Gasteiger partial charge in [0.2, 0.25) is 0 Å². The molecule has 0 aromatic rings. The van der Waals surface area contributed by atoms with Gasteiger partial charge in [-0.05, 0) is 70.1 Å². The van der Waals surface area contributed by atoms with Crippen LogP contribution < -0.4 is 5.32 Å². The largest absolute Gasteiger partial charge is 0.314 e. The molecule has 3 heteroatoms. The van der Waals surface area contributed by atoms with Gasteiger partial charge in [-0.25, -0.2) is 0 Å². The zero-order valence-electron chi connectivity index (χ0n) is 12.3. The minimum Gasteiger partial charge on any atom is -0.314 e. The third-order valence-corrected chi connectivity index (χ3v) is 5.31. The molecule has 0 bridgehead atoms. The van der Waals surface area contributed by atoms with E-state index in [9.17, 15) is 0 Å². The minimum atomic E-state index is 0. The Morgan fingerprint density at radius 3 is 2.16 bits per heavy atom. The lowest BCUT2D eigenvalue weighted by Gasteiger charge is -2.33. The smallest absolute Gasteiger partial charge is 0.00915 e. The molecule has 3 aliphatic rings. The third kappa shape index (κ3) is 5.24. The molecule has 0 unspecified atom stereocenters. The Balaban J connectivity index is 0.00000133. The van der Waals surface area contributed by atoms with Crippen molar-refractivity contribution in [2.45, 2.75) is 63.8 Å². The quantitative estimate of drug-likeness (QED) is 0.804. The molecule has 1 saturated heterocycles. The normalized spacial score (nSPS) is 26.5. The van der Waals surface area contributed by atoms with Crippen LogP contribution in [0, 0.1) is 11.8 Å². The van der Waals surface area contributed by atoms with Crippen molar-refractivity contribution in [2.24, 2.45) is 11.8 Å². The SMILES string of the molecule is C1CCC(CCN2CCC(NCC3CC3)CC2)C1.Cl. The summed E-state index contributed by atoms with van der Waals surface area (Å²) in [5, 5.41) is 3.77. The van der Waals surface area contributed by atoms with Crippen LogP contribution in [0.3, 0.4) is 0 Å². The van der Waals surface area contributed by atoms with Gasteiger partial charge in [0, 0.05) is 6.04 Å². The Bertz CT molecular complexity index is 241. The number of rotatable bonds is 6. The van der Waals surface area contributed by atoms with Crippen LogP contribution in [0.15, 0.2) is 0 Å². The zero-order chi connectivity index (χ0) is 12.2. The van der Waals surface area contributed by atoms with E-state index in [1.165, 1.54) is 84.0 Å². The second-order valence-corrected chi connectivity index (χ2v) is 6.91. The lowest BCUT2D eigenvalue weighted by Crippen LogP contribution is -2.43. The third-order valence-electron chi connectivity index (χ3n) is 5.31. The van der Waals surface area contributed by atoms with Crippen molar-refractivity contribution in [3.05, 3.63) is 0 Å². The van der Waals surface area contributed by atoms with E-state index in [4.69, 9.17) is 0 Å². The van der Waals surface area contributed by atoms with Crippen molar-refractivity contribution in [3.8, 4) is 0 Å². The lowest BCUT2D eigenvalue weighted by molar-refractivity contribution is 0.186. The van der Waals surface area contributed by atoms with Crippen molar-refractivity contribution in [1.29, 1.82) is 0 Å². The van der Waals surface area contributed by atoms with E-state index in [1.807, 2.05) is 0 Å². The molecule has 19 heavy (non-hydrogen) atoms. The van der Waals surface area contributed by atoms with E-state index in [0.717, 1.165) is 17.9 Å². The lowest BCUT2D eigenvalue weighted by atomic mass is 10.0. The molecule has 112 valence electrons. The second-order valence-electron chi connectivity index (χ2n) is 6.91. The van der Waals surface area contributed by atoms with Crippen LogP contribution in [-0.2, 0) is 0 Å². The average molecular weight is 287 g/mol. The Morgan fingerprint density at radius 2 is 1.53 bits per heavy atom. The van der Waals surface area contributed by atoms with Gasteiger partial charge in [0.25, 0.3) is 0 Å². The molecule has 1 N–H and O–H groups in total. The first-order valence-corrected chi connectivity index (χ1v) is 8.36. The number of likely N-dealkylation sites (tertiary alicyclic amines) is 1. The molecule has 2 aliphatic carbocycles. The van der Waals surface area contributed by atoms with Gasteiger partial charge < -0.3 is 10.2 Å². The van der Waals surface area contributed by atoms with Crippen molar-refractivity contribution in [2.75, 3.05) is 26.2 Å². The molecule has 0 atom stereocenters. The highest BCUT2D eigenvalue weighted by molar-refractivity contribution is 5.85. The summed E-state index contributed by atoms with van der Waals surface area (Å²) in [6.45, 7) is 5.36. The van der Waals surface area contributed by atoms with Crippen molar-refractivity contribution in [1.82, 2.24) is 10.2 Å². The van der Waals surface area contributed by atoms with Crippen molar-refractivity contribution >= 4 is 12.4 Å². The average Bonchev–Trinajstić information content (AvgIpc) is 3.09. The number of nitrogens with one attached hydrogen (secondary N) is 1. The number of halogens is 1. The van der Waals surface area contributed by atoms with E-state index in [2.05, 4.69) is 10.2 Å². The van der Waals surface area contributed by atoms with Crippen LogP contribution in [-0.4, -0.2) is 37.1 Å². The predicted molar refractivity (Wildman–Crippen MR) is 84.0 cm³/mol. The van der Waals surface area contributed by atoms with E-state index in [1.54, 1.807) is 0 Å². The van der Waals surface area contributed by atoms with Crippen LogP contribution in [0.1, 0.15) is 57.8 Å². The van der Waals surface area contributed by atoms with Gasteiger partial charge in [-0.3, -0.25) is 0 Å². The van der Waals surface area contributed by atoms with E-state index < -0.39 is 0 Å². The first kappa shape index (κ1) is 15.6. The van der Waals surface area contributed by atoms with Gasteiger partial charge in [0.15, 0.2) is 0 Å². The standard InChI is InChI=1S/C16H30N2.ClH/c1-2-4-14(3-1)7-10-18-11-8-16(9-12-18)17-13-15-5-6-15;/h14-17H,1-13H2;1H. The molecule has 1 heterocycles. The number of hydrogen-bond donors (Lipinski definition) is 1. The summed E-state index contributed by atoms with van der Waals surface area (Å²) in [6, 6.07) is 0.827. The molecule has 3 fully saturated rings. The van der Waals surface area contributed by atoms with Crippen LogP contribution in [0.25, 0.3) is 0 Å². The summed E-state index contributed by atoms with van der Waals surface area (Å²) < 4.78 is 0. The topological polar surface area (TPSA) is 15.3 Å². The highest BCUT2D eigenvalue weighted by Gasteiger charge is 2.24. The molecule has 0 spiro atoms. The number of nitrogens with zero attached hydrogens (tertiary/aromatic N) is 1. The summed E-state index contributed by atoms with van der Waals surface area (Å²) in [5.74, 6) is 2.10. The molecule has 0 aromatic carbocycles. The fourth-order valence-corrected chi connectivity index (χ4v) is 3.68. The molecule has 0 aromatic heterocycles. The predicted octanol–water partition coefficient (Wildman–Crippen LogP) is 3.45. The first-order chi connectivity index (χ1) is 8.90. The molecule has 2 nitrogen and oxygen atoms in total. The highest BCUT2D eigenvalue weighted by atomic mass is 35.5. The fraction of sp³-hybridized carbons (Fsp3) is 1.00. The van der Waals surface area contributed by atoms with E-state index in [0.29, 0.717) is 0 Å². The molecule has 3 rings (SSSR count). The van der Waals surface area contributed by atoms with Crippen LogP contribution in [0.4, 0.5) is 0 Å². The Kier molecular flexibility index (Phi) is 6.44. The maximum absolute atomic E-state index is 3.77. The maximum Gasteiger partial charge on any atom is 0.00915 e. The summed E-state index contributed by atoms with van der Waals surface area (Å²) in [7, 11) is 0. The molecule has 0 radical (unpaired) electrons. The van der Waals surface area contributed by atoms with E-state index in [-0.39, 0.29) is 12.4 Å². The van der Waals surface area contributed by atoms with Crippen LogP contribution in [0.2, 0.25) is 0 Å². The highest BCUT2D eigenvalue weighted by Crippen LogP contribution is 2.29. The summed E-state index contributed by atoms with van der Waals surface area (Å²) in [5.41, 5.74) is 0. The molecule has 2 saturated carbocycles. The summed E-state index contributed by atoms with van der Waals surface area (Å²) in [4.78, 5) is 2.72. The number of hydrogen-bond acceptors (Lipinski definition) is 2. The Morgan fingerprint density at radius 1 is 0.842 bits per heavy atom. The molecule has 1 aliphatic heterocycles.